The Labute approximate surface area is 73.5 Å². The first-order chi connectivity index (χ1) is 5.83. The molecular formula is C10H16O2. The number of aliphatic hydroxyl groups excluding tert-OH is 1. The van der Waals surface area contributed by atoms with Crippen LogP contribution in [0, 0.1) is 0 Å². The molecule has 0 aromatic heterocycles. The van der Waals surface area contributed by atoms with E-state index >= 15 is 0 Å². The van der Waals surface area contributed by atoms with Crippen LogP contribution in [0.1, 0.15) is 19.8 Å². The van der Waals surface area contributed by atoms with Gasteiger partial charge in [-0.2, -0.15) is 0 Å². The van der Waals surface area contributed by atoms with Gasteiger partial charge in [-0.3, -0.25) is 0 Å². The van der Waals surface area contributed by atoms with Gasteiger partial charge in [0, 0.05) is 0 Å². The average Bonchev–Trinajstić information content (AvgIpc) is 1.95. The summed E-state index contributed by atoms with van der Waals surface area (Å²) in [7, 11) is 0. The molecule has 1 fully saturated rings. The second-order valence-corrected chi connectivity index (χ2v) is 3.13. The van der Waals surface area contributed by atoms with E-state index < -0.39 is 0 Å². The molecular weight excluding hydrogens is 152 g/mol. The monoisotopic (exact) mass is 168 g/mol. The zero-order valence-corrected chi connectivity index (χ0v) is 7.55. The molecule has 0 aromatic rings. The summed E-state index contributed by atoms with van der Waals surface area (Å²) in [6.07, 6.45) is 6.21. The maximum atomic E-state index is 8.59. The first kappa shape index (κ1) is 9.49. The Morgan fingerprint density at radius 1 is 1.58 bits per heavy atom. The van der Waals surface area contributed by atoms with Crippen LogP contribution in [0.5, 0.6) is 0 Å². The Hall–Kier alpha value is -0.600. The van der Waals surface area contributed by atoms with E-state index in [0.717, 1.165) is 26.1 Å². The lowest BCUT2D eigenvalue weighted by atomic mass is 10.1. The number of aliphatic hydroxyl groups is 1. The minimum atomic E-state index is 0.158. The third-order valence-electron chi connectivity index (χ3n) is 1.99. The lowest BCUT2D eigenvalue weighted by molar-refractivity contribution is 0.102. The largest absolute Gasteiger partial charge is 0.392 e. The molecule has 1 N–H and O–H groups in total. The molecule has 0 aliphatic carbocycles. The lowest BCUT2D eigenvalue weighted by Crippen LogP contribution is -2.15. The molecule has 0 bridgehead atoms. The van der Waals surface area contributed by atoms with E-state index in [-0.39, 0.29) is 6.61 Å². The van der Waals surface area contributed by atoms with Gasteiger partial charge in [-0.05, 0) is 25.3 Å². The highest BCUT2D eigenvalue weighted by Crippen LogP contribution is 2.12. The minimum absolute atomic E-state index is 0.158. The molecule has 68 valence electrons. The van der Waals surface area contributed by atoms with Crippen molar-refractivity contribution in [1.82, 2.24) is 0 Å². The van der Waals surface area contributed by atoms with Crippen LogP contribution in [-0.2, 0) is 4.74 Å². The van der Waals surface area contributed by atoms with Gasteiger partial charge in [-0.1, -0.05) is 17.7 Å². The SMILES string of the molecule is CC(=CCO)CCC=C1COC1. The van der Waals surface area contributed by atoms with Crippen LogP contribution >= 0.6 is 0 Å². The van der Waals surface area contributed by atoms with Crippen LogP contribution in [0.2, 0.25) is 0 Å². The van der Waals surface area contributed by atoms with E-state index in [4.69, 9.17) is 9.84 Å². The number of hydrogen-bond acceptors (Lipinski definition) is 2. The molecule has 0 aromatic carbocycles. The molecule has 1 saturated heterocycles. The van der Waals surface area contributed by atoms with Crippen LogP contribution in [-0.4, -0.2) is 24.9 Å². The summed E-state index contributed by atoms with van der Waals surface area (Å²) in [5, 5.41) is 8.59. The van der Waals surface area contributed by atoms with Crippen LogP contribution in [0.3, 0.4) is 0 Å². The molecule has 0 unspecified atom stereocenters. The fourth-order valence-electron chi connectivity index (χ4n) is 1.10. The number of allylic oxidation sites excluding steroid dienone is 2. The van der Waals surface area contributed by atoms with Gasteiger partial charge in [-0.25, -0.2) is 0 Å². The van der Waals surface area contributed by atoms with Crippen molar-refractivity contribution in [3.05, 3.63) is 23.3 Å². The molecule has 0 spiro atoms. The Morgan fingerprint density at radius 2 is 2.33 bits per heavy atom. The summed E-state index contributed by atoms with van der Waals surface area (Å²) >= 11 is 0. The zero-order valence-electron chi connectivity index (χ0n) is 7.55. The van der Waals surface area contributed by atoms with E-state index in [1.165, 1.54) is 11.1 Å². The van der Waals surface area contributed by atoms with E-state index in [0.29, 0.717) is 0 Å². The normalized spacial score (nSPS) is 17.5. The highest BCUT2D eigenvalue weighted by atomic mass is 16.5. The summed E-state index contributed by atoms with van der Waals surface area (Å²) in [5.74, 6) is 0. The molecule has 0 radical (unpaired) electrons. The second-order valence-electron chi connectivity index (χ2n) is 3.13. The topological polar surface area (TPSA) is 29.5 Å². The van der Waals surface area contributed by atoms with Crippen molar-refractivity contribution >= 4 is 0 Å². The van der Waals surface area contributed by atoms with Crippen LogP contribution < -0.4 is 0 Å². The minimum Gasteiger partial charge on any atom is -0.392 e. The van der Waals surface area contributed by atoms with Gasteiger partial charge in [0.15, 0.2) is 0 Å². The third kappa shape index (κ3) is 3.20. The summed E-state index contributed by atoms with van der Waals surface area (Å²) in [6.45, 7) is 3.85. The summed E-state index contributed by atoms with van der Waals surface area (Å²) in [6, 6.07) is 0. The number of ether oxygens (including phenoxy) is 1. The Balaban J connectivity index is 2.12. The zero-order chi connectivity index (χ0) is 8.81. The predicted octanol–water partition coefficient (Wildman–Crippen LogP) is 1.66. The van der Waals surface area contributed by atoms with Crippen LogP contribution in [0.4, 0.5) is 0 Å². The Morgan fingerprint density at radius 3 is 2.83 bits per heavy atom. The van der Waals surface area contributed by atoms with E-state index in [1.807, 2.05) is 13.0 Å². The number of hydrogen-bond donors (Lipinski definition) is 1. The van der Waals surface area contributed by atoms with Crippen LogP contribution in [0.15, 0.2) is 23.3 Å². The third-order valence-corrected chi connectivity index (χ3v) is 1.99. The van der Waals surface area contributed by atoms with Crippen molar-refractivity contribution in [2.75, 3.05) is 19.8 Å². The van der Waals surface area contributed by atoms with Gasteiger partial charge in [-0.15, -0.1) is 0 Å². The summed E-state index contributed by atoms with van der Waals surface area (Å²) in [4.78, 5) is 0. The van der Waals surface area contributed by atoms with Gasteiger partial charge in [0.05, 0.1) is 19.8 Å². The maximum Gasteiger partial charge on any atom is 0.0703 e. The van der Waals surface area contributed by atoms with Gasteiger partial charge >= 0.3 is 0 Å². The van der Waals surface area contributed by atoms with E-state index in [2.05, 4.69) is 6.08 Å². The molecule has 2 nitrogen and oxygen atoms in total. The quantitative estimate of drug-likeness (QED) is 0.647. The van der Waals surface area contributed by atoms with E-state index in [1.54, 1.807) is 0 Å². The van der Waals surface area contributed by atoms with Crippen molar-refractivity contribution in [3.63, 3.8) is 0 Å². The molecule has 1 heterocycles. The summed E-state index contributed by atoms with van der Waals surface area (Å²) in [5.41, 5.74) is 2.67. The van der Waals surface area contributed by atoms with Gasteiger partial charge < -0.3 is 9.84 Å². The molecule has 12 heavy (non-hydrogen) atoms. The Bertz CT molecular complexity index is 186. The molecule has 0 atom stereocenters. The van der Waals surface area contributed by atoms with Crippen molar-refractivity contribution < 1.29 is 9.84 Å². The van der Waals surface area contributed by atoms with Crippen molar-refractivity contribution in [2.45, 2.75) is 19.8 Å². The van der Waals surface area contributed by atoms with Gasteiger partial charge in [0.2, 0.25) is 0 Å². The average molecular weight is 168 g/mol. The smallest absolute Gasteiger partial charge is 0.0703 e. The van der Waals surface area contributed by atoms with E-state index in [9.17, 15) is 0 Å². The molecule has 2 heteroatoms. The highest BCUT2D eigenvalue weighted by Gasteiger charge is 2.06. The summed E-state index contributed by atoms with van der Waals surface area (Å²) < 4.78 is 5.02. The molecule has 0 amide bonds. The van der Waals surface area contributed by atoms with Crippen molar-refractivity contribution in [3.8, 4) is 0 Å². The van der Waals surface area contributed by atoms with Gasteiger partial charge in [0.1, 0.15) is 0 Å². The van der Waals surface area contributed by atoms with Crippen molar-refractivity contribution in [1.29, 1.82) is 0 Å². The number of rotatable bonds is 4. The highest BCUT2D eigenvalue weighted by molar-refractivity contribution is 5.10. The molecule has 1 aliphatic rings. The standard InChI is InChI=1S/C10H16O2/c1-9(5-6-11)3-2-4-10-7-12-8-10/h4-5,11H,2-3,6-8H2,1H3. The predicted molar refractivity (Wildman–Crippen MR) is 49.0 cm³/mol. The molecule has 1 rings (SSSR count). The lowest BCUT2D eigenvalue weighted by Gasteiger charge is -2.17. The maximum absolute atomic E-state index is 8.59. The molecule has 1 aliphatic heterocycles. The first-order valence-corrected chi connectivity index (χ1v) is 4.35. The van der Waals surface area contributed by atoms with Crippen LogP contribution in [0.25, 0.3) is 0 Å². The molecule has 0 saturated carbocycles. The fourth-order valence-corrected chi connectivity index (χ4v) is 1.10. The Kier molecular flexibility index (Phi) is 4.05. The first-order valence-electron chi connectivity index (χ1n) is 4.35. The second kappa shape index (κ2) is 5.12. The van der Waals surface area contributed by atoms with Gasteiger partial charge in [0.25, 0.3) is 0 Å². The van der Waals surface area contributed by atoms with Crippen molar-refractivity contribution in [2.24, 2.45) is 0 Å². The fraction of sp³-hybridized carbons (Fsp3) is 0.600.